The third kappa shape index (κ3) is 5.10. The summed E-state index contributed by atoms with van der Waals surface area (Å²) >= 11 is 0. The van der Waals surface area contributed by atoms with E-state index in [4.69, 9.17) is 15.2 Å². The molecule has 0 heterocycles. The Balaban J connectivity index is 2.38. The monoisotopic (exact) mass is 250 g/mol. The Morgan fingerprint density at radius 1 is 1.44 bits per heavy atom. The van der Waals surface area contributed by atoms with Crippen LogP contribution in [0.15, 0.2) is 30.4 Å². The third-order valence-electron chi connectivity index (χ3n) is 2.24. The Morgan fingerprint density at radius 3 is 2.89 bits per heavy atom. The topological polar surface area (TPSA) is 56.5 Å². The van der Waals surface area contributed by atoms with Crippen LogP contribution in [0.5, 0.6) is 5.75 Å². The van der Waals surface area contributed by atoms with Gasteiger partial charge in [-0.3, -0.25) is 0 Å². The van der Waals surface area contributed by atoms with Crippen molar-refractivity contribution in [2.45, 2.75) is 13.8 Å². The lowest BCUT2D eigenvalue weighted by Gasteiger charge is -2.11. The average molecular weight is 250 g/mol. The van der Waals surface area contributed by atoms with E-state index in [0.29, 0.717) is 31.3 Å². The maximum atomic E-state index is 5.80. The first-order valence-electron chi connectivity index (χ1n) is 6.11. The van der Waals surface area contributed by atoms with Crippen LogP contribution in [0.3, 0.4) is 0 Å². The predicted molar refractivity (Wildman–Crippen MR) is 76.1 cm³/mol. The Hall–Kier alpha value is -1.68. The van der Waals surface area contributed by atoms with Gasteiger partial charge in [-0.1, -0.05) is 12.2 Å². The highest BCUT2D eigenvalue weighted by Crippen LogP contribution is 2.25. The fourth-order valence-corrected chi connectivity index (χ4v) is 1.44. The van der Waals surface area contributed by atoms with Crippen molar-refractivity contribution in [1.29, 1.82) is 0 Å². The SMILES string of the molecule is C=C(C)COCCNc1ccc(N)c(OCC)c1. The highest BCUT2D eigenvalue weighted by Gasteiger charge is 2.01. The molecule has 0 aliphatic rings. The Labute approximate surface area is 109 Å². The van der Waals surface area contributed by atoms with E-state index in [1.807, 2.05) is 32.0 Å². The highest BCUT2D eigenvalue weighted by atomic mass is 16.5. The number of benzene rings is 1. The summed E-state index contributed by atoms with van der Waals surface area (Å²) < 4.78 is 10.8. The minimum atomic E-state index is 0.605. The maximum Gasteiger partial charge on any atom is 0.144 e. The van der Waals surface area contributed by atoms with Crippen molar-refractivity contribution in [1.82, 2.24) is 0 Å². The van der Waals surface area contributed by atoms with Crippen molar-refractivity contribution in [2.24, 2.45) is 0 Å². The van der Waals surface area contributed by atoms with Gasteiger partial charge in [-0.05, 0) is 26.0 Å². The van der Waals surface area contributed by atoms with Crippen LogP contribution in [0.2, 0.25) is 0 Å². The molecule has 1 rings (SSSR count). The summed E-state index contributed by atoms with van der Waals surface area (Å²) in [6.07, 6.45) is 0. The van der Waals surface area contributed by atoms with E-state index >= 15 is 0 Å². The molecule has 4 nitrogen and oxygen atoms in total. The Bertz CT molecular complexity index is 391. The van der Waals surface area contributed by atoms with Crippen molar-refractivity contribution in [2.75, 3.05) is 37.4 Å². The molecule has 0 aliphatic carbocycles. The number of ether oxygens (including phenoxy) is 2. The van der Waals surface area contributed by atoms with Crippen LogP contribution >= 0.6 is 0 Å². The van der Waals surface area contributed by atoms with E-state index in [1.165, 1.54) is 0 Å². The highest BCUT2D eigenvalue weighted by molar-refractivity contribution is 5.61. The van der Waals surface area contributed by atoms with Crippen molar-refractivity contribution < 1.29 is 9.47 Å². The molecular weight excluding hydrogens is 228 g/mol. The van der Waals surface area contributed by atoms with E-state index in [9.17, 15) is 0 Å². The largest absolute Gasteiger partial charge is 0.492 e. The fourth-order valence-electron chi connectivity index (χ4n) is 1.44. The number of anilines is 2. The average Bonchev–Trinajstić information content (AvgIpc) is 2.32. The molecule has 0 aliphatic heterocycles. The van der Waals surface area contributed by atoms with Gasteiger partial charge < -0.3 is 20.5 Å². The van der Waals surface area contributed by atoms with Crippen LogP contribution in [0, 0.1) is 0 Å². The van der Waals surface area contributed by atoms with Crippen LogP contribution in [0.1, 0.15) is 13.8 Å². The van der Waals surface area contributed by atoms with Gasteiger partial charge in [0.25, 0.3) is 0 Å². The summed E-state index contributed by atoms with van der Waals surface area (Å²) in [5.41, 5.74) is 8.46. The molecule has 1 aromatic carbocycles. The number of nitrogens with two attached hydrogens (primary N) is 1. The van der Waals surface area contributed by atoms with Gasteiger partial charge in [-0.25, -0.2) is 0 Å². The predicted octanol–water partition coefficient (Wildman–Crippen LogP) is 2.67. The van der Waals surface area contributed by atoms with Crippen LogP contribution in [0.25, 0.3) is 0 Å². The number of rotatable bonds is 8. The zero-order valence-electron chi connectivity index (χ0n) is 11.2. The second-order valence-electron chi connectivity index (χ2n) is 4.12. The van der Waals surface area contributed by atoms with Crippen molar-refractivity contribution in [3.05, 3.63) is 30.4 Å². The number of nitrogens with one attached hydrogen (secondary N) is 1. The molecule has 0 amide bonds. The molecule has 0 unspecified atom stereocenters. The standard InChI is InChI=1S/C14H22N2O2/c1-4-18-14-9-12(5-6-13(14)15)16-7-8-17-10-11(2)3/h5-6,9,16H,2,4,7-8,10,15H2,1,3H3. The quantitative estimate of drug-likeness (QED) is 0.423. The summed E-state index contributed by atoms with van der Waals surface area (Å²) in [7, 11) is 0. The van der Waals surface area contributed by atoms with Gasteiger partial charge in [0.05, 0.1) is 25.5 Å². The van der Waals surface area contributed by atoms with Gasteiger partial charge in [-0.15, -0.1) is 0 Å². The first-order chi connectivity index (χ1) is 8.63. The zero-order chi connectivity index (χ0) is 13.4. The van der Waals surface area contributed by atoms with E-state index in [1.54, 1.807) is 0 Å². The maximum absolute atomic E-state index is 5.80. The van der Waals surface area contributed by atoms with Gasteiger partial charge in [0.2, 0.25) is 0 Å². The molecule has 18 heavy (non-hydrogen) atoms. The molecule has 0 saturated carbocycles. The minimum Gasteiger partial charge on any atom is -0.492 e. The molecule has 3 N–H and O–H groups in total. The smallest absolute Gasteiger partial charge is 0.144 e. The Kier molecular flexibility index (Phi) is 6.08. The third-order valence-corrected chi connectivity index (χ3v) is 2.24. The van der Waals surface area contributed by atoms with E-state index in [-0.39, 0.29) is 0 Å². The summed E-state index contributed by atoms with van der Waals surface area (Å²) in [5.74, 6) is 0.713. The lowest BCUT2D eigenvalue weighted by atomic mass is 10.2. The molecule has 4 heteroatoms. The summed E-state index contributed by atoms with van der Waals surface area (Å²) in [6.45, 7) is 10.2. The summed E-state index contributed by atoms with van der Waals surface area (Å²) in [5, 5.41) is 3.25. The van der Waals surface area contributed by atoms with Crippen LogP contribution in [0.4, 0.5) is 11.4 Å². The van der Waals surface area contributed by atoms with Crippen LogP contribution in [-0.4, -0.2) is 26.4 Å². The molecule has 1 aromatic rings. The van der Waals surface area contributed by atoms with E-state index < -0.39 is 0 Å². The van der Waals surface area contributed by atoms with Gasteiger partial charge in [0.1, 0.15) is 5.75 Å². The van der Waals surface area contributed by atoms with Crippen molar-refractivity contribution >= 4 is 11.4 Å². The molecule has 0 radical (unpaired) electrons. The Morgan fingerprint density at radius 2 is 2.22 bits per heavy atom. The summed E-state index contributed by atoms with van der Waals surface area (Å²) in [6, 6.07) is 5.66. The lowest BCUT2D eigenvalue weighted by molar-refractivity contribution is 0.167. The van der Waals surface area contributed by atoms with E-state index in [2.05, 4.69) is 11.9 Å². The van der Waals surface area contributed by atoms with Gasteiger partial charge in [-0.2, -0.15) is 0 Å². The molecule has 0 bridgehead atoms. The van der Waals surface area contributed by atoms with Crippen LogP contribution < -0.4 is 15.8 Å². The van der Waals surface area contributed by atoms with Crippen molar-refractivity contribution in [3.63, 3.8) is 0 Å². The van der Waals surface area contributed by atoms with Crippen LogP contribution in [-0.2, 0) is 4.74 Å². The second-order valence-corrected chi connectivity index (χ2v) is 4.12. The van der Waals surface area contributed by atoms with Gasteiger partial charge in [0, 0.05) is 18.3 Å². The van der Waals surface area contributed by atoms with Gasteiger partial charge in [0.15, 0.2) is 0 Å². The van der Waals surface area contributed by atoms with Crippen molar-refractivity contribution in [3.8, 4) is 5.75 Å². The lowest BCUT2D eigenvalue weighted by Crippen LogP contribution is -2.10. The molecule has 0 fully saturated rings. The molecule has 0 atom stereocenters. The normalized spacial score (nSPS) is 10.1. The first kappa shape index (κ1) is 14.4. The number of hydrogen-bond donors (Lipinski definition) is 2. The second kappa shape index (κ2) is 7.61. The zero-order valence-corrected chi connectivity index (χ0v) is 11.2. The minimum absolute atomic E-state index is 0.605. The molecule has 0 spiro atoms. The number of nitrogen functional groups attached to an aromatic ring is 1. The molecule has 100 valence electrons. The fraction of sp³-hybridized carbons (Fsp3) is 0.429. The number of hydrogen-bond acceptors (Lipinski definition) is 4. The molecule has 0 saturated heterocycles. The summed E-state index contributed by atoms with van der Waals surface area (Å²) in [4.78, 5) is 0. The molecular formula is C14H22N2O2. The first-order valence-corrected chi connectivity index (χ1v) is 6.11. The van der Waals surface area contributed by atoms with Gasteiger partial charge >= 0.3 is 0 Å². The molecule has 0 aromatic heterocycles. The van der Waals surface area contributed by atoms with E-state index in [0.717, 1.165) is 17.8 Å².